The zero-order chi connectivity index (χ0) is 18.4. The number of carbonyl (C=O) groups is 2. The van der Waals surface area contributed by atoms with Gasteiger partial charge in [0.2, 0.25) is 0 Å². The average Bonchev–Trinajstić information content (AvgIpc) is 2.59. The first-order chi connectivity index (χ1) is 11.8. The molecule has 132 valence electrons. The van der Waals surface area contributed by atoms with Gasteiger partial charge in [-0.05, 0) is 45.4 Å². The number of nitrogens with one attached hydrogen (secondary N) is 1. The van der Waals surface area contributed by atoms with Crippen LogP contribution in [0, 0.1) is 5.92 Å². The van der Waals surface area contributed by atoms with E-state index in [1.165, 1.54) is 0 Å². The van der Waals surface area contributed by atoms with Crippen molar-refractivity contribution in [2.45, 2.75) is 39.3 Å². The highest BCUT2D eigenvalue weighted by molar-refractivity contribution is 5.94. The summed E-state index contributed by atoms with van der Waals surface area (Å²) in [7, 11) is 0. The predicted molar refractivity (Wildman–Crippen MR) is 98.1 cm³/mol. The zero-order valence-electron chi connectivity index (χ0n) is 15.2. The summed E-state index contributed by atoms with van der Waals surface area (Å²) in [5.74, 6) is -1.08. The van der Waals surface area contributed by atoms with Gasteiger partial charge in [-0.15, -0.1) is 0 Å². The molecule has 0 aliphatic heterocycles. The molecule has 2 rings (SSSR count). The molecule has 4 heteroatoms. The molecule has 0 aliphatic carbocycles. The molecule has 0 bridgehead atoms. The van der Waals surface area contributed by atoms with Gasteiger partial charge in [0.1, 0.15) is 5.60 Å². The van der Waals surface area contributed by atoms with Gasteiger partial charge in [-0.3, -0.25) is 9.59 Å². The Morgan fingerprint density at radius 2 is 1.44 bits per heavy atom. The van der Waals surface area contributed by atoms with Crippen LogP contribution >= 0.6 is 0 Å². The Balaban J connectivity index is 2.25. The van der Waals surface area contributed by atoms with Crippen LogP contribution in [0.4, 0.5) is 0 Å². The van der Waals surface area contributed by atoms with Crippen LogP contribution in [0.3, 0.4) is 0 Å². The van der Waals surface area contributed by atoms with Gasteiger partial charge in [-0.25, -0.2) is 0 Å². The summed E-state index contributed by atoms with van der Waals surface area (Å²) in [6, 6.07) is 18.0. The molecule has 2 aromatic rings. The molecule has 0 radical (unpaired) electrons. The van der Waals surface area contributed by atoms with Crippen molar-refractivity contribution >= 4 is 11.9 Å². The van der Waals surface area contributed by atoms with Crippen LogP contribution in [0.5, 0.6) is 0 Å². The molecule has 0 heterocycles. The molecule has 4 nitrogen and oxygen atoms in total. The molecule has 0 aromatic heterocycles. The van der Waals surface area contributed by atoms with Crippen molar-refractivity contribution in [2.75, 3.05) is 0 Å². The molecule has 0 unspecified atom stereocenters. The normalized spacial score (nSPS) is 13.6. The fraction of sp³-hybridized carbons (Fsp3) is 0.333. The van der Waals surface area contributed by atoms with E-state index in [1.54, 1.807) is 19.1 Å². The summed E-state index contributed by atoms with van der Waals surface area (Å²) < 4.78 is 5.50. The Bertz CT molecular complexity index is 705. The molecule has 25 heavy (non-hydrogen) atoms. The monoisotopic (exact) mass is 339 g/mol. The SMILES string of the molecule is C[C@H](C(=O)OC(C)(C)C)[C@H](NC(=O)c1ccccc1)c1ccccc1. The maximum atomic E-state index is 12.6. The predicted octanol–water partition coefficient (Wildman–Crippen LogP) is 4.14. The molecule has 2 atom stereocenters. The molecule has 0 spiro atoms. The lowest BCUT2D eigenvalue weighted by Crippen LogP contribution is -2.38. The Labute approximate surface area is 149 Å². The van der Waals surface area contributed by atoms with E-state index in [0.29, 0.717) is 5.56 Å². The fourth-order valence-corrected chi connectivity index (χ4v) is 2.50. The fourth-order valence-electron chi connectivity index (χ4n) is 2.50. The molecular formula is C21H25NO3. The number of esters is 1. The smallest absolute Gasteiger partial charge is 0.311 e. The lowest BCUT2D eigenvalue weighted by atomic mass is 9.93. The minimum Gasteiger partial charge on any atom is -0.460 e. The number of hydrogen-bond donors (Lipinski definition) is 1. The number of hydrogen-bond acceptors (Lipinski definition) is 3. The molecular weight excluding hydrogens is 314 g/mol. The Morgan fingerprint density at radius 3 is 1.96 bits per heavy atom. The van der Waals surface area contributed by atoms with E-state index in [-0.39, 0.29) is 11.9 Å². The van der Waals surface area contributed by atoms with Crippen molar-refractivity contribution in [1.29, 1.82) is 0 Å². The first kappa shape index (κ1) is 18.7. The van der Waals surface area contributed by atoms with Gasteiger partial charge in [0, 0.05) is 5.56 Å². The van der Waals surface area contributed by atoms with Crippen LogP contribution in [0.2, 0.25) is 0 Å². The van der Waals surface area contributed by atoms with E-state index in [9.17, 15) is 9.59 Å². The Hall–Kier alpha value is -2.62. The number of amides is 1. The van der Waals surface area contributed by atoms with Gasteiger partial charge in [0.15, 0.2) is 0 Å². The maximum Gasteiger partial charge on any atom is 0.311 e. The lowest BCUT2D eigenvalue weighted by molar-refractivity contribution is -0.160. The highest BCUT2D eigenvalue weighted by Gasteiger charge is 2.31. The largest absolute Gasteiger partial charge is 0.460 e. The van der Waals surface area contributed by atoms with Crippen LogP contribution in [0.15, 0.2) is 60.7 Å². The maximum absolute atomic E-state index is 12.6. The number of carbonyl (C=O) groups excluding carboxylic acids is 2. The molecule has 0 fully saturated rings. The number of rotatable bonds is 5. The summed E-state index contributed by atoms with van der Waals surface area (Å²) >= 11 is 0. The third kappa shape index (κ3) is 5.45. The van der Waals surface area contributed by atoms with Crippen molar-refractivity contribution in [2.24, 2.45) is 5.92 Å². The van der Waals surface area contributed by atoms with Gasteiger partial charge < -0.3 is 10.1 Å². The topological polar surface area (TPSA) is 55.4 Å². The quantitative estimate of drug-likeness (QED) is 0.833. The van der Waals surface area contributed by atoms with Crippen molar-refractivity contribution in [1.82, 2.24) is 5.32 Å². The number of benzene rings is 2. The van der Waals surface area contributed by atoms with E-state index >= 15 is 0 Å². The molecule has 0 saturated heterocycles. The van der Waals surface area contributed by atoms with Crippen LogP contribution in [-0.2, 0) is 9.53 Å². The third-order valence-corrected chi connectivity index (χ3v) is 3.76. The van der Waals surface area contributed by atoms with Crippen LogP contribution < -0.4 is 5.32 Å². The second-order valence-electron chi connectivity index (χ2n) is 7.05. The molecule has 2 aromatic carbocycles. The van der Waals surface area contributed by atoms with Crippen LogP contribution in [0.25, 0.3) is 0 Å². The lowest BCUT2D eigenvalue weighted by Gasteiger charge is -2.28. The highest BCUT2D eigenvalue weighted by atomic mass is 16.6. The van der Waals surface area contributed by atoms with E-state index in [4.69, 9.17) is 4.74 Å². The summed E-state index contributed by atoms with van der Waals surface area (Å²) in [6.07, 6.45) is 0. The van der Waals surface area contributed by atoms with Crippen molar-refractivity contribution in [3.8, 4) is 0 Å². The second-order valence-corrected chi connectivity index (χ2v) is 7.05. The molecule has 0 saturated carbocycles. The number of ether oxygens (including phenoxy) is 1. The van der Waals surface area contributed by atoms with Crippen LogP contribution in [-0.4, -0.2) is 17.5 Å². The average molecular weight is 339 g/mol. The Kier molecular flexibility index (Phi) is 5.97. The first-order valence-electron chi connectivity index (χ1n) is 8.41. The molecule has 1 amide bonds. The summed E-state index contributed by atoms with van der Waals surface area (Å²) in [6.45, 7) is 7.27. The van der Waals surface area contributed by atoms with E-state index in [1.807, 2.05) is 69.3 Å². The summed E-state index contributed by atoms with van der Waals surface area (Å²) in [5, 5.41) is 2.98. The van der Waals surface area contributed by atoms with Crippen molar-refractivity contribution < 1.29 is 14.3 Å². The minimum absolute atomic E-state index is 0.218. The van der Waals surface area contributed by atoms with E-state index < -0.39 is 17.6 Å². The van der Waals surface area contributed by atoms with E-state index in [2.05, 4.69) is 5.32 Å². The molecule has 0 aliphatic rings. The molecule has 1 N–H and O–H groups in total. The summed E-state index contributed by atoms with van der Waals surface area (Å²) in [5.41, 5.74) is 0.848. The van der Waals surface area contributed by atoms with Crippen LogP contribution in [0.1, 0.15) is 49.7 Å². The third-order valence-electron chi connectivity index (χ3n) is 3.76. The van der Waals surface area contributed by atoms with Gasteiger partial charge in [0.05, 0.1) is 12.0 Å². The van der Waals surface area contributed by atoms with Gasteiger partial charge in [-0.1, -0.05) is 48.5 Å². The zero-order valence-corrected chi connectivity index (χ0v) is 15.2. The first-order valence-corrected chi connectivity index (χ1v) is 8.41. The Morgan fingerprint density at radius 1 is 0.920 bits per heavy atom. The minimum atomic E-state index is -0.573. The summed E-state index contributed by atoms with van der Waals surface area (Å²) in [4.78, 5) is 25.1. The van der Waals surface area contributed by atoms with Crippen molar-refractivity contribution in [3.63, 3.8) is 0 Å². The van der Waals surface area contributed by atoms with Gasteiger partial charge in [0.25, 0.3) is 5.91 Å². The van der Waals surface area contributed by atoms with Gasteiger partial charge in [-0.2, -0.15) is 0 Å². The second kappa shape index (κ2) is 7.97. The van der Waals surface area contributed by atoms with Gasteiger partial charge >= 0.3 is 5.97 Å². The van der Waals surface area contributed by atoms with Crippen molar-refractivity contribution in [3.05, 3.63) is 71.8 Å². The highest BCUT2D eigenvalue weighted by Crippen LogP contribution is 2.25. The standard InChI is InChI=1S/C21H25NO3/c1-15(20(24)25-21(2,3)4)18(16-11-7-5-8-12-16)22-19(23)17-13-9-6-10-14-17/h5-15,18H,1-4H3,(H,22,23)/t15-,18-/m0/s1. The van der Waals surface area contributed by atoms with E-state index in [0.717, 1.165) is 5.56 Å².